The lowest BCUT2D eigenvalue weighted by Crippen LogP contribution is -2.38. The molecular weight excluding hydrogens is 411 g/mol. The van der Waals surface area contributed by atoms with Crippen LogP contribution in [-0.2, 0) is 11.2 Å². The van der Waals surface area contributed by atoms with E-state index in [4.69, 9.17) is 16.0 Å². The summed E-state index contributed by atoms with van der Waals surface area (Å²) < 4.78 is 19.1. The van der Waals surface area contributed by atoms with Gasteiger partial charge in [-0.1, -0.05) is 42.8 Å². The van der Waals surface area contributed by atoms with Gasteiger partial charge in [0.1, 0.15) is 5.82 Å². The molecule has 1 aromatic heterocycles. The summed E-state index contributed by atoms with van der Waals surface area (Å²) in [5.74, 6) is -2.38. The molecular formula is C22H20ClFN2O4. The van der Waals surface area contributed by atoms with E-state index in [2.05, 4.69) is 10.3 Å². The highest BCUT2D eigenvalue weighted by molar-refractivity contribution is 6.30. The Labute approximate surface area is 177 Å². The Bertz CT molecular complexity index is 1020. The number of nitrogens with one attached hydrogen (secondary N) is 1. The van der Waals surface area contributed by atoms with Crippen LogP contribution in [0.2, 0.25) is 5.02 Å². The first kappa shape index (κ1) is 21.5. The van der Waals surface area contributed by atoms with Crippen LogP contribution in [0.15, 0.2) is 59.5 Å². The van der Waals surface area contributed by atoms with Gasteiger partial charge >= 0.3 is 5.97 Å². The highest BCUT2D eigenvalue weighted by atomic mass is 35.5. The number of oxazole rings is 1. The largest absolute Gasteiger partial charge is 0.481 e. The van der Waals surface area contributed by atoms with Crippen LogP contribution in [0.4, 0.5) is 4.39 Å². The normalized spacial score (nSPS) is 12.9. The molecule has 0 spiro atoms. The number of hydrogen-bond donors (Lipinski definition) is 2. The molecule has 6 nitrogen and oxygen atoms in total. The molecule has 2 N–H and O–H groups in total. The molecule has 3 rings (SSSR count). The van der Waals surface area contributed by atoms with Crippen LogP contribution < -0.4 is 5.32 Å². The van der Waals surface area contributed by atoms with Crippen molar-refractivity contribution in [1.29, 1.82) is 0 Å². The fourth-order valence-electron chi connectivity index (χ4n) is 3.13. The summed E-state index contributed by atoms with van der Waals surface area (Å²) >= 11 is 5.96. The van der Waals surface area contributed by atoms with E-state index in [9.17, 15) is 19.1 Å². The SMILES string of the molecule is C[C@@H](CC(Cc1ccc(-c2cc(Cl)ccc2F)cc1)NC(=O)c1cnco1)C(=O)O. The Morgan fingerprint density at radius 2 is 1.97 bits per heavy atom. The van der Waals surface area contributed by atoms with E-state index in [1.54, 1.807) is 25.1 Å². The topological polar surface area (TPSA) is 92.4 Å². The van der Waals surface area contributed by atoms with E-state index in [0.29, 0.717) is 22.6 Å². The number of hydrogen-bond acceptors (Lipinski definition) is 4. The first-order valence-electron chi connectivity index (χ1n) is 9.30. The lowest BCUT2D eigenvalue weighted by atomic mass is 9.94. The predicted molar refractivity (Wildman–Crippen MR) is 110 cm³/mol. The van der Waals surface area contributed by atoms with Gasteiger partial charge in [0.2, 0.25) is 5.76 Å². The Morgan fingerprint density at radius 1 is 1.23 bits per heavy atom. The summed E-state index contributed by atoms with van der Waals surface area (Å²) in [6.45, 7) is 1.58. The second-order valence-electron chi connectivity index (χ2n) is 7.04. The average molecular weight is 431 g/mol. The van der Waals surface area contributed by atoms with Crippen molar-refractivity contribution >= 4 is 23.5 Å². The fourth-order valence-corrected chi connectivity index (χ4v) is 3.30. The summed E-state index contributed by atoms with van der Waals surface area (Å²) in [5, 5.41) is 12.5. The number of nitrogens with zero attached hydrogens (tertiary/aromatic N) is 1. The third kappa shape index (κ3) is 5.45. The second-order valence-corrected chi connectivity index (χ2v) is 7.47. The van der Waals surface area contributed by atoms with E-state index in [0.717, 1.165) is 12.0 Å². The van der Waals surface area contributed by atoms with Gasteiger partial charge in [-0.25, -0.2) is 9.37 Å². The van der Waals surface area contributed by atoms with Crippen molar-refractivity contribution in [2.24, 2.45) is 5.92 Å². The quantitative estimate of drug-likeness (QED) is 0.545. The third-order valence-corrected chi connectivity index (χ3v) is 4.96. The number of carbonyl (C=O) groups is 2. The van der Waals surface area contributed by atoms with Crippen molar-refractivity contribution in [3.8, 4) is 11.1 Å². The minimum atomic E-state index is -0.944. The maximum atomic E-state index is 14.1. The Kier molecular flexibility index (Phi) is 6.84. The zero-order valence-corrected chi connectivity index (χ0v) is 16.9. The van der Waals surface area contributed by atoms with E-state index in [-0.39, 0.29) is 18.0 Å². The summed E-state index contributed by atoms with van der Waals surface area (Å²) in [6.07, 6.45) is 3.08. The Hall–Kier alpha value is -3.19. The highest BCUT2D eigenvalue weighted by Gasteiger charge is 2.22. The smallest absolute Gasteiger partial charge is 0.306 e. The van der Waals surface area contributed by atoms with Crippen LogP contribution in [0.5, 0.6) is 0 Å². The van der Waals surface area contributed by atoms with E-state index < -0.39 is 23.8 Å². The van der Waals surface area contributed by atoms with E-state index in [1.807, 2.05) is 12.1 Å². The number of aliphatic carboxylic acids is 1. The van der Waals surface area contributed by atoms with Gasteiger partial charge in [0, 0.05) is 16.6 Å². The summed E-state index contributed by atoms with van der Waals surface area (Å²) in [4.78, 5) is 27.3. The zero-order chi connectivity index (χ0) is 21.7. The van der Waals surface area contributed by atoms with Crippen molar-refractivity contribution in [1.82, 2.24) is 10.3 Å². The molecule has 2 aromatic carbocycles. The lowest BCUT2D eigenvalue weighted by molar-refractivity contribution is -0.141. The fraction of sp³-hybridized carbons (Fsp3) is 0.227. The van der Waals surface area contributed by atoms with Gasteiger partial charge in [-0.2, -0.15) is 0 Å². The molecule has 0 aliphatic carbocycles. The maximum absolute atomic E-state index is 14.1. The first-order chi connectivity index (χ1) is 14.3. The number of rotatable bonds is 8. The van der Waals surface area contributed by atoms with Gasteiger partial charge in [-0.15, -0.1) is 0 Å². The number of amides is 1. The van der Waals surface area contributed by atoms with Crippen LogP contribution >= 0.6 is 11.6 Å². The van der Waals surface area contributed by atoms with Crippen molar-refractivity contribution in [3.63, 3.8) is 0 Å². The van der Waals surface area contributed by atoms with Gasteiger partial charge in [0.05, 0.1) is 12.1 Å². The summed E-state index contributed by atoms with van der Waals surface area (Å²) in [6, 6.07) is 11.1. The minimum Gasteiger partial charge on any atom is -0.481 e. The van der Waals surface area contributed by atoms with Crippen molar-refractivity contribution in [2.45, 2.75) is 25.8 Å². The van der Waals surface area contributed by atoms with Gasteiger partial charge in [0.25, 0.3) is 5.91 Å². The number of benzene rings is 2. The molecule has 0 radical (unpaired) electrons. The maximum Gasteiger partial charge on any atom is 0.306 e. The molecule has 0 fully saturated rings. The van der Waals surface area contributed by atoms with E-state index >= 15 is 0 Å². The number of halogens is 2. The van der Waals surface area contributed by atoms with Crippen LogP contribution in [0.25, 0.3) is 11.1 Å². The molecule has 1 amide bonds. The molecule has 2 atom stereocenters. The van der Waals surface area contributed by atoms with Gasteiger partial charge in [-0.05, 0) is 42.2 Å². The minimum absolute atomic E-state index is 0.0507. The number of aromatic nitrogens is 1. The molecule has 0 aliphatic heterocycles. The third-order valence-electron chi connectivity index (χ3n) is 4.73. The highest BCUT2D eigenvalue weighted by Crippen LogP contribution is 2.26. The predicted octanol–water partition coefficient (Wildman–Crippen LogP) is 4.59. The molecule has 3 aromatic rings. The van der Waals surface area contributed by atoms with Crippen LogP contribution in [0, 0.1) is 11.7 Å². The Balaban J connectivity index is 1.76. The van der Waals surface area contributed by atoms with Crippen LogP contribution in [0.1, 0.15) is 29.5 Å². The lowest BCUT2D eigenvalue weighted by Gasteiger charge is -2.20. The monoisotopic (exact) mass is 430 g/mol. The Morgan fingerprint density at radius 3 is 2.60 bits per heavy atom. The molecule has 0 bridgehead atoms. The second kappa shape index (κ2) is 9.54. The number of carboxylic acids is 1. The standard InChI is InChI=1S/C22H20ClFN2O4/c1-13(22(28)29)8-17(26-21(27)20-11-25-12-30-20)9-14-2-4-15(5-3-14)18-10-16(23)6-7-19(18)24/h2-7,10-13,17H,8-9H2,1H3,(H,26,27)(H,28,29)/t13-,17?/m0/s1. The van der Waals surface area contributed by atoms with Gasteiger partial charge in [-0.3, -0.25) is 9.59 Å². The molecule has 0 saturated heterocycles. The molecule has 1 unspecified atom stereocenters. The van der Waals surface area contributed by atoms with Crippen LogP contribution in [0.3, 0.4) is 0 Å². The molecule has 0 saturated carbocycles. The summed E-state index contributed by atoms with van der Waals surface area (Å²) in [7, 11) is 0. The van der Waals surface area contributed by atoms with Gasteiger partial charge < -0.3 is 14.8 Å². The number of carboxylic acid groups (broad SMARTS) is 1. The summed E-state index contributed by atoms with van der Waals surface area (Å²) in [5.41, 5.74) is 1.92. The van der Waals surface area contributed by atoms with Crippen LogP contribution in [-0.4, -0.2) is 28.0 Å². The van der Waals surface area contributed by atoms with Crippen molar-refractivity contribution < 1.29 is 23.5 Å². The first-order valence-corrected chi connectivity index (χ1v) is 9.68. The number of carbonyl (C=O) groups excluding carboxylic acids is 1. The molecule has 156 valence electrons. The zero-order valence-electron chi connectivity index (χ0n) is 16.1. The average Bonchev–Trinajstić information content (AvgIpc) is 3.25. The molecule has 30 heavy (non-hydrogen) atoms. The molecule has 8 heteroatoms. The van der Waals surface area contributed by atoms with E-state index in [1.165, 1.54) is 18.3 Å². The van der Waals surface area contributed by atoms with Gasteiger partial charge in [0.15, 0.2) is 6.39 Å². The van der Waals surface area contributed by atoms with Crippen molar-refractivity contribution in [3.05, 3.63) is 77.2 Å². The molecule has 1 heterocycles. The molecule has 0 aliphatic rings. The van der Waals surface area contributed by atoms with Crippen molar-refractivity contribution in [2.75, 3.05) is 0 Å².